The molecule has 1 unspecified atom stereocenters. The number of rotatable bonds is 7. The van der Waals surface area contributed by atoms with Gasteiger partial charge in [0.2, 0.25) is 0 Å². The Hall–Kier alpha value is -2.00. The van der Waals surface area contributed by atoms with Gasteiger partial charge in [-0.25, -0.2) is 0 Å². The fraction of sp³-hybridized carbons (Fsp3) is 0.333. The van der Waals surface area contributed by atoms with Crippen molar-refractivity contribution in [3.8, 4) is 11.5 Å². The first-order chi connectivity index (χ1) is 10.2. The second kappa shape index (κ2) is 7.70. The predicted octanol–water partition coefficient (Wildman–Crippen LogP) is 3.42. The van der Waals surface area contributed by atoms with E-state index in [0.29, 0.717) is 12.6 Å². The van der Waals surface area contributed by atoms with Crippen LogP contribution in [0.4, 0.5) is 0 Å². The number of hydrogen-bond acceptors (Lipinski definition) is 3. The van der Waals surface area contributed by atoms with E-state index < -0.39 is 0 Å². The molecule has 112 valence electrons. The van der Waals surface area contributed by atoms with Crippen molar-refractivity contribution in [2.45, 2.75) is 26.0 Å². The lowest BCUT2D eigenvalue weighted by atomic mass is 10.1. The van der Waals surface area contributed by atoms with E-state index in [-0.39, 0.29) is 0 Å². The minimum absolute atomic E-state index is 0.480. The fourth-order valence-corrected chi connectivity index (χ4v) is 2.11. The molecule has 3 heteroatoms. The van der Waals surface area contributed by atoms with Crippen LogP contribution in [0.15, 0.2) is 48.5 Å². The summed E-state index contributed by atoms with van der Waals surface area (Å²) < 4.78 is 11.0. The van der Waals surface area contributed by atoms with Gasteiger partial charge in [0, 0.05) is 6.04 Å². The van der Waals surface area contributed by atoms with Gasteiger partial charge < -0.3 is 14.8 Å². The van der Waals surface area contributed by atoms with Crippen molar-refractivity contribution < 1.29 is 9.47 Å². The van der Waals surface area contributed by atoms with Gasteiger partial charge in [-0.15, -0.1) is 0 Å². The van der Waals surface area contributed by atoms with E-state index in [1.54, 1.807) is 7.11 Å². The van der Waals surface area contributed by atoms with Crippen LogP contribution in [0.3, 0.4) is 0 Å². The van der Waals surface area contributed by atoms with Crippen LogP contribution in [-0.2, 0) is 13.0 Å². The lowest BCUT2D eigenvalue weighted by molar-refractivity contribution is 0.305. The highest BCUT2D eigenvalue weighted by Gasteiger charge is 2.02. The van der Waals surface area contributed by atoms with Crippen LogP contribution >= 0.6 is 0 Å². The lowest BCUT2D eigenvalue weighted by Gasteiger charge is -2.11. The van der Waals surface area contributed by atoms with Crippen LogP contribution in [0.1, 0.15) is 18.1 Å². The first-order valence-corrected chi connectivity index (χ1v) is 7.23. The van der Waals surface area contributed by atoms with E-state index in [0.717, 1.165) is 23.5 Å². The molecule has 2 rings (SSSR count). The third-order valence-electron chi connectivity index (χ3n) is 3.50. The van der Waals surface area contributed by atoms with Gasteiger partial charge >= 0.3 is 0 Å². The molecule has 1 N–H and O–H groups in total. The largest absolute Gasteiger partial charge is 0.497 e. The molecule has 0 saturated carbocycles. The molecule has 0 amide bonds. The first kappa shape index (κ1) is 15.4. The Morgan fingerprint density at radius 3 is 2.43 bits per heavy atom. The molecule has 0 aliphatic heterocycles. The summed E-state index contributed by atoms with van der Waals surface area (Å²) in [4.78, 5) is 0. The van der Waals surface area contributed by atoms with Gasteiger partial charge in [-0.3, -0.25) is 0 Å². The molecule has 0 aliphatic rings. The lowest BCUT2D eigenvalue weighted by Crippen LogP contribution is -2.23. The highest BCUT2D eigenvalue weighted by atomic mass is 16.5. The van der Waals surface area contributed by atoms with Gasteiger partial charge in [-0.05, 0) is 55.8 Å². The summed E-state index contributed by atoms with van der Waals surface area (Å²) in [5.74, 6) is 1.74. The smallest absolute Gasteiger partial charge is 0.119 e. The van der Waals surface area contributed by atoms with E-state index in [1.165, 1.54) is 5.56 Å². The second-order valence-corrected chi connectivity index (χ2v) is 5.18. The number of benzene rings is 2. The number of methoxy groups -OCH3 is 1. The third-order valence-corrected chi connectivity index (χ3v) is 3.50. The van der Waals surface area contributed by atoms with E-state index >= 15 is 0 Å². The standard InChI is InChI=1S/C18H23NO2/c1-14(19-2)11-15-7-9-17(10-8-15)21-13-16-5-4-6-18(12-16)20-3/h4-10,12,14,19H,11,13H2,1-3H3. The van der Waals surface area contributed by atoms with E-state index in [4.69, 9.17) is 9.47 Å². The molecule has 0 aromatic heterocycles. The molecule has 2 aromatic carbocycles. The Balaban J connectivity index is 1.91. The molecule has 0 fully saturated rings. The van der Waals surface area contributed by atoms with Gasteiger partial charge in [0.1, 0.15) is 18.1 Å². The summed E-state index contributed by atoms with van der Waals surface area (Å²) in [6.45, 7) is 2.72. The van der Waals surface area contributed by atoms with Crippen molar-refractivity contribution in [3.63, 3.8) is 0 Å². The highest BCUT2D eigenvalue weighted by Crippen LogP contribution is 2.17. The Labute approximate surface area is 126 Å². The number of likely N-dealkylation sites (N-methyl/N-ethyl adjacent to an activating group) is 1. The molecule has 0 saturated heterocycles. The Bertz CT molecular complexity index is 551. The minimum atomic E-state index is 0.480. The molecule has 0 aliphatic carbocycles. The topological polar surface area (TPSA) is 30.5 Å². The Morgan fingerprint density at radius 2 is 1.76 bits per heavy atom. The zero-order valence-electron chi connectivity index (χ0n) is 12.9. The van der Waals surface area contributed by atoms with E-state index in [1.807, 2.05) is 43.4 Å². The molecule has 0 radical (unpaired) electrons. The zero-order chi connectivity index (χ0) is 15.1. The third kappa shape index (κ3) is 4.80. The van der Waals surface area contributed by atoms with Crippen molar-refractivity contribution in [2.24, 2.45) is 0 Å². The molecule has 0 bridgehead atoms. The quantitative estimate of drug-likeness (QED) is 0.845. The molecule has 0 heterocycles. The van der Waals surface area contributed by atoms with Crippen LogP contribution in [0.2, 0.25) is 0 Å². The zero-order valence-corrected chi connectivity index (χ0v) is 12.9. The van der Waals surface area contributed by atoms with Crippen LogP contribution in [0.5, 0.6) is 11.5 Å². The summed E-state index contributed by atoms with van der Waals surface area (Å²) in [5.41, 5.74) is 2.41. The number of ether oxygens (including phenoxy) is 2. The predicted molar refractivity (Wildman–Crippen MR) is 86.0 cm³/mol. The maximum absolute atomic E-state index is 5.81. The first-order valence-electron chi connectivity index (χ1n) is 7.23. The maximum Gasteiger partial charge on any atom is 0.119 e. The fourth-order valence-electron chi connectivity index (χ4n) is 2.11. The summed E-state index contributed by atoms with van der Waals surface area (Å²) in [7, 11) is 3.65. The van der Waals surface area contributed by atoms with Crippen molar-refractivity contribution >= 4 is 0 Å². The van der Waals surface area contributed by atoms with Gasteiger partial charge in [-0.2, -0.15) is 0 Å². The SMILES string of the molecule is CNC(C)Cc1ccc(OCc2cccc(OC)c2)cc1. The molecular formula is C18H23NO2. The molecule has 21 heavy (non-hydrogen) atoms. The van der Waals surface area contributed by atoms with E-state index in [9.17, 15) is 0 Å². The monoisotopic (exact) mass is 285 g/mol. The summed E-state index contributed by atoms with van der Waals surface area (Å²) in [6.07, 6.45) is 1.02. The number of nitrogens with one attached hydrogen (secondary N) is 1. The van der Waals surface area contributed by atoms with Gasteiger partial charge in [0.05, 0.1) is 7.11 Å². The maximum atomic E-state index is 5.81. The van der Waals surface area contributed by atoms with Crippen LogP contribution in [-0.4, -0.2) is 20.2 Å². The second-order valence-electron chi connectivity index (χ2n) is 5.18. The normalized spacial score (nSPS) is 12.0. The van der Waals surface area contributed by atoms with Crippen LogP contribution < -0.4 is 14.8 Å². The van der Waals surface area contributed by atoms with Gasteiger partial charge in [0.15, 0.2) is 0 Å². The Kier molecular flexibility index (Phi) is 5.64. The summed E-state index contributed by atoms with van der Waals surface area (Å²) >= 11 is 0. The van der Waals surface area contributed by atoms with Crippen molar-refractivity contribution in [2.75, 3.05) is 14.2 Å². The molecule has 1 atom stereocenters. The average molecular weight is 285 g/mol. The van der Waals surface area contributed by atoms with Crippen molar-refractivity contribution in [1.82, 2.24) is 5.32 Å². The Morgan fingerprint density at radius 1 is 1.00 bits per heavy atom. The van der Waals surface area contributed by atoms with E-state index in [2.05, 4.69) is 24.4 Å². The highest BCUT2D eigenvalue weighted by molar-refractivity contribution is 5.30. The summed E-state index contributed by atoms with van der Waals surface area (Å²) in [5, 5.41) is 3.24. The molecule has 2 aromatic rings. The molecular weight excluding hydrogens is 262 g/mol. The van der Waals surface area contributed by atoms with Gasteiger partial charge in [-0.1, -0.05) is 24.3 Å². The van der Waals surface area contributed by atoms with Crippen molar-refractivity contribution in [3.05, 3.63) is 59.7 Å². The minimum Gasteiger partial charge on any atom is -0.497 e. The van der Waals surface area contributed by atoms with Crippen molar-refractivity contribution in [1.29, 1.82) is 0 Å². The van der Waals surface area contributed by atoms with Gasteiger partial charge in [0.25, 0.3) is 0 Å². The van der Waals surface area contributed by atoms with Crippen LogP contribution in [0.25, 0.3) is 0 Å². The molecule has 0 spiro atoms. The number of hydrogen-bond donors (Lipinski definition) is 1. The van der Waals surface area contributed by atoms with Crippen LogP contribution in [0, 0.1) is 0 Å². The average Bonchev–Trinajstić information content (AvgIpc) is 2.54. The summed E-state index contributed by atoms with van der Waals surface area (Å²) in [6, 6.07) is 16.7. The molecule has 3 nitrogen and oxygen atoms in total.